The maximum absolute atomic E-state index is 13.5. The Morgan fingerprint density at radius 2 is 0.670 bits per heavy atom. The molecule has 106 heavy (non-hydrogen) atoms. The Kier molecular flexibility index (Phi) is 30.8. The van der Waals surface area contributed by atoms with Crippen LogP contribution in [0, 0.1) is 0 Å². The number of carbonyl (C=O) groups excluding carboxylic acids is 3. The summed E-state index contributed by atoms with van der Waals surface area (Å²) < 4.78 is 102. The number of carbonyl (C=O) groups is 3. The highest BCUT2D eigenvalue weighted by atomic mass is 16.8. The molecular weight excluding hydrogens is 1450 g/mol. The minimum Gasteiger partial charge on any atom is -0.394 e. The van der Waals surface area contributed by atoms with Crippen molar-refractivity contribution in [3.63, 3.8) is 0 Å². The van der Waals surface area contributed by atoms with Crippen LogP contribution in [0.4, 0.5) is 0 Å². The Bertz CT molecular complexity index is 2770. The van der Waals surface area contributed by atoms with E-state index in [4.69, 9.17) is 80.5 Å². The summed E-state index contributed by atoms with van der Waals surface area (Å²) in [5.41, 5.74) is 0. The van der Waals surface area contributed by atoms with Crippen LogP contribution < -0.4 is 16.0 Å². The van der Waals surface area contributed by atoms with E-state index >= 15 is 0 Å². The molecule has 27 N–H and O–H groups in total. The second kappa shape index (κ2) is 37.6. The van der Waals surface area contributed by atoms with Crippen molar-refractivity contribution in [1.82, 2.24) is 16.0 Å². The van der Waals surface area contributed by atoms with Crippen molar-refractivity contribution in [3.8, 4) is 0 Å². The zero-order valence-corrected chi connectivity index (χ0v) is 57.0. The molecule has 0 radical (unpaired) electrons. The Balaban J connectivity index is 1.13. The van der Waals surface area contributed by atoms with E-state index in [1.807, 2.05) is 0 Å². The van der Waals surface area contributed by atoms with Crippen molar-refractivity contribution in [1.29, 1.82) is 0 Å². The second-order valence-electron chi connectivity index (χ2n) is 27.0. The minimum atomic E-state index is -2.50. The molecule has 0 aromatic rings. The number of aliphatic hydroxyl groups excluding tert-OH is 24. The molecule has 3 amide bonds. The predicted molar refractivity (Wildman–Crippen MR) is 324 cm³/mol. The van der Waals surface area contributed by atoms with E-state index in [0.717, 1.165) is 20.8 Å². The van der Waals surface area contributed by atoms with E-state index in [1.54, 1.807) is 0 Å². The monoisotopic (exact) mass is 1550 g/mol. The van der Waals surface area contributed by atoms with Crippen molar-refractivity contribution >= 4 is 17.7 Å². The first kappa shape index (κ1) is 86.7. The van der Waals surface area contributed by atoms with Crippen molar-refractivity contribution in [2.24, 2.45) is 0 Å². The Hall–Kier alpha value is -3.23. The molecule has 9 saturated heterocycles. The lowest BCUT2D eigenvalue weighted by molar-refractivity contribution is -0.413. The fourth-order valence-corrected chi connectivity index (χ4v) is 13.7. The molecule has 614 valence electrons. The lowest BCUT2D eigenvalue weighted by atomic mass is 9.93. The first-order valence-corrected chi connectivity index (χ1v) is 33.9. The lowest BCUT2D eigenvalue weighted by Crippen LogP contribution is -2.72. The third kappa shape index (κ3) is 18.8. The Labute approximate surface area is 600 Å². The van der Waals surface area contributed by atoms with Crippen LogP contribution in [0.2, 0.25) is 0 Å². The molecule has 0 bridgehead atoms. The highest BCUT2D eigenvalue weighted by Crippen LogP contribution is 2.41. The number of aliphatic hydroxyl groups is 24. The first-order chi connectivity index (χ1) is 50.1. The summed E-state index contributed by atoms with van der Waals surface area (Å²) in [7, 11) is 0. The van der Waals surface area contributed by atoms with Gasteiger partial charge in [0.05, 0.1) is 59.0 Å². The zero-order chi connectivity index (χ0) is 77.9. The largest absolute Gasteiger partial charge is 0.394 e. The van der Waals surface area contributed by atoms with Crippen LogP contribution in [-0.4, -0.2) is 463 Å². The average molecular weight is 1550 g/mol. The van der Waals surface area contributed by atoms with Crippen LogP contribution >= 0.6 is 0 Å². The van der Waals surface area contributed by atoms with Gasteiger partial charge in [-0.2, -0.15) is 0 Å². The summed E-state index contributed by atoms with van der Waals surface area (Å²) in [5, 5.41) is 273. The molecule has 0 spiro atoms. The molecule has 9 heterocycles. The highest BCUT2D eigenvalue weighted by Gasteiger charge is 2.62. The van der Waals surface area contributed by atoms with Gasteiger partial charge in [-0.25, -0.2) is 0 Å². The van der Waals surface area contributed by atoms with E-state index in [2.05, 4.69) is 16.0 Å². The third-order valence-corrected chi connectivity index (χ3v) is 19.5. The van der Waals surface area contributed by atoms with Gasteiger partial charge in [0.25, 0.3) is 0 Å². The number of nitrogens with one attached hydrogen (secondary N) is 3. The van der Waals surface area contributed by atoms with Crippen LogP contribution in [0.25, 0.3) is 0 Å². The van der Waals surface area contributed by atoms with Crippen molar-refractivity contribution < 1.29 is 217 Å². The molecule has 44 atom stereocenters. The van der Waals surface area contributed by atoms with E-state index in [0.29, 0.717) is 0 Å². The minimum absolute atomic E-state index is 0.786. The summed E-state index contributed by atoms with van der Waals surface area (Å²) in [4.78, 5) is 38.7. The second-order valence-corrected chi connectivity index (χ2v) is 27.0. The molecule has 9 fully saturated rings. The van der Waals surface area contributed by atoms with Crippen LogP contribution in [0.3, 0.4) is 0 Å². The summed E-state index contributed by atoms with van der Waals surface area (Å²) in [6.45, 7) is -4.49. The van der Waals surface area contributed by atoms with Crippen LogP contribution in [0.5, 0.6) is 0 Å². The van der Waals surface area contributed by atoms with Gasteiger partial charge in [0, 0.05) is 20.8 Å². The summed E-state index contributed by atoms with van der Waals surface area (Å²) >= 11 is 0. The lowest BCUT2D eigenvalue weighted by Gasteiger charge is -2.52. The third-order valence-electron chi connectivity index (χ3n) is 19.5. The molecule has 47 nitrogen and oxygen atoms in total. The molecule has 47 heteroatoms. The van der Waals surface area contributed by atoms with Gasteiger partial charge in [-0.15, -0.1) is 0 Å². The molecular formula is C59H99N3O44. The fourth-order valence-electron chi connectivity index (χ4n) is 13.7. The van der Waals surface area contributed by atoms with Gasteiger partial charge >= 0.3 is 0 Å². The summed E-state index contributed by atoms with van der Waals surface area (Å²) in [6.07, 6.45) is -85.7. The van der Waals surface area contributed by atoms with Crippen molar-refractivity contribution in [2.75, 3.05) is 52.9 Å². The topological polar surface area (TPSA) is 730 Å². The smallest absolute Gasteiger partial charge is 0.217 e. The van der Waals surface area contributed by atoms with E-state index < -0.39 is 341 Å². The quantitative estimate of drug-likeness (QED) is 0.0382. The highest BCUT2D eigenvalue weighted by molar-refractivity contribution is 5.74. The number of ether oxygens (including phenoxy) is 17. The van der Waals surface area contributed by atoms with Crippen LogP contribution in [-0.2, 0) is 94.9 Å². The van der Waals surface area contributed by atoms with Gasteiger partial charge in [0.1, 0.15) is 207 Å². The van der Waals surface area contributed by atoms with E-state index in [-0.39, 0.29) is 0 Å². The molecule has 9 aliphatic rings. The first-order valence-electron chi connectivity index (χ1n) is 33.9. The maximum Gasteiger partial charge on any atom is 0.217 e. The van der Waals surface area contributed by atoms with Gasteiger partial charge in [0.2, 0.25) is 17.7 Å². The molecule has 0 aliphatic carbocycles. The van der Waals surface area contributed by atoms with Crippen molar-refractivity contribution in [2.45, 2.75) is 298 Å². The molecule has 0 saturated carbocycles. The molecule has 9 rings (SSSR count). The van der Waals surface area contributed by atoms with Crippen LogP contribution in [0.15, 0.2) is 0 Å². The number of hydrogen-bond acceptors (Lipinski definition) is 44. The molecule has 0 aromatic heterocycles. The summed E-state index contributed by atoms with van der Waals surface area (Å²) in [5.74, 6) is -2.75. The average Bonchev–Trinajstić information content (AvgIpc) is 0.682. The SMILES string of the molecule is CC(=O)N[C@H]1[C@H](O[C@H]2[C@H](O)[C@@H](NC(C)=O)C(O)O[C@@H]2CO)O[C@H](CO)[C@@H](O[C@@H]2O[C@H](CO[C@H]3O[C@H](CO)[C@@H](O)[C@H](O)[C@@H]3O)[C@@H](O)[C@H](O[C@H]3O[C@H](CO)[C@@H](O)[C@H](O)[C@@H]3O[C@@H]3O[C@H](CO)[C@@H](O[C@@H]4O[C@H](CO)[C@H](O)[C@H](O)[C@H]4O)[C@H](O[C@@H]4O[C@@H](C)[C@@H](O)[C@@H](O)[C@@H]4O)[C@H]3NC(C)=O)[C@@H]2O[C@@H]2OC[C@@H](O)[C@H](O)[C@H]2O)[C@@H]1O. The van der Waals surface area contributed by atoms with Gasteiger partial charge in [-0.1, -0.05) is 0 Å². The van der Waals surface area contributed by atoms with E-state index in [1.165, 1.54) is 6.92 Å². The maximum atomic E-state index is 13.5. The Morgan fingerprint density at radius 1 is 0.302 bits per heavy atom. The standard InChI is InChI=1S/C59H99N3O44/c1-13-28(73)36(81)42(87)56(92-13)103-47-27(62-16(4)71)53(98-23(10-68)46(47)102-57-43(88)38(83)31(76)19(6-64)95-57)105-49-39(84)32(77)20(7-65)96-58(49)104-48-33(78)24(12-91-54-41(86)37(82)30(75)18(5-63)94-54)99-59(50(48)106-55-40(85)29(74)17(72)11-90-55)101-45-22(9-67)97-52(26(35(45)80)61-15(3)70)100-44-21(8-66)93-51(89)25(34(44)79)60-14(2)69/h13,17-59,63-68,72-89H,5-12H2,1-4H3,(H,60,69)(H,61,70)(H,62,71)/t13-,17+,18+,19+,20+,21+,22+,23+,24+,25+,26+,27+,28+,29-,30+,31-,32+,33+,34+,35+,36+,37-,38-,39-,40+,41-,42-,43+,44+,45+,46+,47+,48-,49-,50-,51?,52-,53-,54-,55-,56-,57-,58+,59-/m0/s1. The molecule has 1 unspecified atom stereocenters. The summed E-state index contributed by atoms with van der Waals surface area (Å²) in [6, 6.07) is -5.65. The predicted octanol–water partition coefficient (Wildman–Crippen LogP) is -18.5. The normalized spacial score (nSPS) is 50.4. The van der Waals surface area contributed by atoms with Crippen molar-refractivity contribution in [3.05, 3.63) is 0 Å². The van der Waals surface area contributed by atoms with Gasteiger partial charge in [-0.3, -0.25) is 14.4 Å². The van der Waals surface area contributed by atoms with E-state index in [9.17, 15) is 137 Å². The zero-order valence-electron chi connectivity index (χ0n) is 57.0. The fraction of sp³-hybridized carbons (Fsp3) is 0.949. The Morgan fingerprint density at radius 3 is 1.23 bits per heavy atom. The van der Waals surface area contributed by atoms with Crippen LogP contribution in [0.1, 0.15) is 27.7 Å². The van der Waals surface area contributed by atoms with Gasteiger partial charge in [-0.05, 0) is 6.92 Å². The van der Waals surface area contributed by atoms with Gasteiger partial charge in [0.15, 0.2) is 56.6 Å². The number of rotatable bonds is 26. The number of hydrogen-bond donors (Lipinski definition) is 27. The molecule has 9 aliphatic heterocycles. The van der Waals surface area contributed by atoms with Gasteiger partial charge < -0.3 is 219 Å². The molecule has 0 aromatic carbocycles. The number of amides is 3.